The van der Waals surface area contributed by atoms with Crippen molar-refractivity contribution in [3.8, 4) is 0 Å². The number of amides is 1. The fraction of sp³-hybridized carbons (Fsp3) is 0.476. The molecule has 1 aromatic carbocycles. The minimum Gasteiger partial charge on any atom is -0.352 e. The van der Waals surface area contributed by atoms with Crippen LogP contribution >= 0.6 is 23.1 Å². The van der Waals surface area contributed by atoms with Crippen molar-refractivity contribution in [1.82, 2.24) is 10.2 Å². The summed E-state index contributed by atoms with van der Waals surface area (Å²) in [6.45, 7) is 6.58. The Bertz CT molecular complexity index is 679. The van der Waals surface area contributed by atoms with E-state index in [0.717, 1.165) is 41.6 Å². The molecule has 0 saturated carbocycles. The Morgan fingerprint density at radius 1 is 1.23 bits per heavy atom. The van der Waals surface area contributed by atoms with Gasteiger partial charge >= 0.3 is 0 Å². The number of nitrogens with one attached hydrogen (secondary N) is 1. The summed E-state index contributed by atoms with van der Waals surface area (Å²) in [7, 11) is 0. The van der Waals surface area contributed by atoms with Crippen LogP contribution in [0.3, 0.4) is 0 Å². The maximum atomic E-state index is 12.6. The zero-order valence-corrected chi connectivity index (χ0v) is 17.1. The molecule has 1 amide bonds. The third-order valence-electron chi connectivity index (χ3n) is 4.89. The summed E-state index contributed by atoms with van der Waals surface area (Å²) >= 11 is 3.50. The average Bonchev–Trinajstić information content (AvgIpc) is 3.19. The molecule has 1 aromatic heterocycles. The summed E-state index contributed by atoms with van der Waals surface area (Å²) in [5.74, 6) is 1.83. The lowest BCUT2D eigenvalue weighted by Crippen LogP contribution is -2.35. The lowest BCUT2D eigenvalue weighted by Gasteiger charge is -2.30. The molecule has 3 rings (SSSR count). The summed E-state index contributed by atoms with van der Waals surface area (Å²) in [5, 5.41) is 5.20. The van der Waals surface area contributed by atoms with Crippen molar-refractivity contribution in [2.45, 2.75) is 36.8 Å². The van der Waals surface area contributed by atoms with Gasteiger partial charge in [0.1, 0.15) is 0 Å². The lowest BCUT2D eigenvalue weighted by molar-refractivity contribution is 0.0947. The number of thiophene rings is 1. The van der Waals surface area contributed by atoms with E-state index in [9.17, 15) is 4.79 Å². The molecule has 26 heavy (non-hydrogen) atoms. The van der Waals surface area contributed by atoms with Crippen LogP contribution in [0.5, 0.6) is 0 Å². The van der Waals surface area contributed by atoms with Gasteiger partial charge in [0.05, 0.1) is 5.56 Å². The number of likely N-dealkylation sites (tertiary alicyclic amines) is 1. The first kappa shape index (κ1) is 19.5. The van der Waals surface area contributed by atoms with Crippen molar-refractivity contribution in [3.05, 3.63) is 52.2 Å². The first-order valence-corrected chi connectivity index (χ1v) is 11.3. The van der Waals surface area contributed by atoms with Crippen LogP contribution in [-0.4, -0.2) is 37.0 Å². The van der Waals surface area contributed by atoms with Crippen molar-refractivity contribution in [2.75, 3.05) is 26.2 Å². The molecule has 1 aliphatic rings. The molecule has 0 unspecified atom stereocenters. The second-order valence-corrected chi connectivity index (χ2v) is 9.05. The maximum Gasteiger partial charge on any atom is 0.252 e. The van der Waals surface area contributed by atoms with E-state index in [-0.39, 0.29) is 5.91 Å². The third-order valence-corrected chi connectivity index (χ3v) is 7.08. The SMILES string of the molecule is CC1CCN(CCCNC(=O)c2ccccc2SCc2cccs2)CC1. The van der Waals surface area contributed by atoms with E-state index < -0.39 is 0 Å². The van der Waals surface area contributed by atoms with Crippen molar-refractivity contribution in [2.24, 2.45) is 5.92 Å². The summed E-state index contributed by atoms with van der Waals surface area (Å²) in [5.41, 5.74) is 0.792. The number of piperidine rings is 1. The zero-order chi connectivity index (χ0) is 18.2. The van der Waals surface area contributed by atoms with Gasteiger partial charge in [0, 0.05) is 22.1 Å². The maximum absolute atomic E-state index is 12.6. The van der Waals surface area contributed by atoms with E-state index in [1.165, 1.54) is 30.8 Å². The standard InChI is InChI=1S/C21H28N2OS2/c1-17-9-13-23(14-10-17)12-5-11-22-21(24)19-7-2-3-8-20(19)26-16-18-6-4-15-25-18/h2-4,6-8,15,17H,5,9-14,16H2,1H3,(H,22,24). The predicted molar refractivity (Wildman–Crippen MR) is 112 cm³/mol. The molecule has 5 heteroatoms. The lowest BCUT2D eigenvalue weighted by atomic mass is 9.99. The van der Waals surface area contributed by atoms with Crippen molar-refractivity contribution in [3.63, 3.8) is 0 Å². The van der Waals surface area contributed by atoms with E-state index >= 15 is 0 Å². The number of hydrogen-bond acceptors (Lipinski definition) is 4. The second kappa shape index (κ2) is 10.1. The molecule has 0 atom stereocenters. The normalized spacial score (nSPS) is 15.9. The highest BCUT2D eigenvalue weighted by atomic mass is 32.2. The first-order valence-electron chi connectivity index (χ1n) is 9.47. The molecule has 1 N–H and O–H groups in total. The molecule has 2 aromatic rings. The van der Waals surface area contributed by atoms with Gasteiger partial charge in [-0.15, -0.1) is 23.1 Å². The van der Waals surface area contributed by atoms with E-state index in [2.05, 4.69) is 34.7 Å². The monoisotopic (exact) mass is 388 g/mol. The number of hydrogen-bond donors (Lipinski definition) is 1. The zero-order valence-electron chi connectivity index (χ0n) is 15.4. The minimum atomic E-state index is 0.0477. The van der Waals surface area contributed by atoms with Crippen LogP contribution in [0.2, 0.25) is 0 Å². The molecule has 1 saturated heterocycles. The molecule has 1 aliphatic heterocycles. The molecule has 0 spiro atoms. The van der Waals surface area contributed by atoms with Gasteiger partial charge in [0.15, 0.2) is 0 Å². The smallest absolute Gasteiger partial charge is 0.252 e. The highest BCUT2D eigenvalue weighted by Gasteiger charge is 2.15. The van der Waals surface area contributed by atoms with E-state index in [0.29, 0.717) is 0 Å². The predicted octanol–water partition coefficient (Wildman–Crippen LogP) is 4.89. The Kier molecular flexibility index (Phi) is 7.59. The molecule has 0 radical (unpaired) electrons. The summed E-state index contributed by atoms with van der Waals surface area (Å²) in [6, 6.07) is 12.1. The van der Waals surface area contributed by atoms with Crippen molar-refractivity contribution >= 4 is 29.0 Å². The second-order valence-electron chi connectivity index (χ2n) is 7.00. The number of carbonyl (C=O) groups is 1. The summed E-state index contributed by atoms with van der Waals surface area (Å²) < 4.78 is 0. The largest absolute Gasteiger partial charge is 0.352 e. The van der Waals surface area contributed by atoms with Crippen LogP contribution in [0, 0.1) is 5.92 Å². The Hall–Kier alpha value is -1.30. The van der Waals surface area contributed by atoms with Crippen molar-refractivity contribution in [1.29, 1.82) is 0 Å². The van der Waals surface area contributed by atoms with Crippen LogP contribution in [0.4, 0.5) is 0 Å². The van der Waals surface area contributed by atoms with Crippen LogP contribution in [0.1, 0.15) is 41.4 Å². The molecule has 0 aliphatic carbocycles. The van der Waals surface area contributed by atoms with Gasteiger partial charge in [0.2, 0.25) is 0 Å². The third kappa shape index (κ3) is 5.86. The molecule has 3 nitrogen and oxygen atoms in total. The van der Waals surface area contributed by atoms with Gasteiger partial charge in [-0.3, -0.25) is 4.79 Å². The van der Waals surface area contributed by atoms with Gasteiger partial charge in [-0.2, -0.15) is 0 Å². The number of rotatable bonds is 8. The Morgan fingerprint density at radius 2 is 2.04 bits per heavy atom. The fourth-order valence-corrected chi connectivity index (χ4v) is 5.03. The molecular formula is C21H28N2OS2. The number of benzene rings is 1. The molecule has 1 fully saturated rings. The van der Waals surface area contributed by atoms with Gasteiger partial charge in [0.25, 0.3) is 5.91 Å². The topological polar surface area (TPSA) is 32.3 Å². The minimum absolute atomic E-state index is 0.0477. The Balaban J connectivity index is 1.44. The highest BCUT2D eigenvalue weighted by Crippen LogP contribution is 2.27. The Labute approximate surface area is 165 Å². The highest BCUT2D eigenvalue weighted by molar-refractivity contribution is 7.98. The van der Waals surface area contributed by atoms with Crippen LogP contribution in [-0.2, 0) is 5.75 Å². The van der Waals surface area contributed by atoms with Gasteiger partial charge in [-0.05, 0) is 68.4 Å². The molecular weight excluding hydrogens is 360 g/mol. The van der Waals surface area contributed by atoms with Gasteiger partial charge in [-0.1, -0.05) is 25.1 Å². The van der Waals surface area contributed by atoms with E-state index in [1.807, 2.05) is 24.3 Å². The number of nitrogens with zero attached hydrogens (tertiary/aromatic N) is 1. The van der Waals surface area contributed by atoms with Gasteiger partial charge in [-0.25, -0.2) is 0 Å². The number of thioether (sulfide) groups is 1. The van der Waals surface area contributed by atoms with E-state index in [4.69, 9.17) is 0 Å². The molecule has 0 bridgehead atoms. The van der Waals surface area contributed by atoms with Crippen LogP contribution in [0.25, 0.3) is 0 Å². The quantitative estimate of drug-likeness (QED) is 0.516. The molecule has 2 heterocycles. The van der Waals surface area contributed by atoms with Crippen LogP contribution in [0.15, 0.2) is 46.7 Å². The van der Waals surface area contributed by atoms with E-state index in [1.54, 1.807) is 23.1 Å². The molecule has 140 valence electrons. The Morgan fingerprint density at radius 3 is 2.81 bits per heavy atom. The van der Waals surface area contributed by atoms with Gasteiger partial charge < -0.3 is 10.2 Å². The van der Waals surface area contributed by atoms with Crippen molar-refractivity contribution < 1.29 is 4.79 Å². The first-order chi connectivity index (χ1) is 12.7. The summed E-state index contributed by atoms with van der Waals surface area (Å²) in [4.78, 5) is 17.5. The number of carbonyl (C=O) groups excluding carboxylic acids is 1. The summed E-state index contributed by atoms with van der Waals surface area (Å²) in [6.07, 6.45) is 3.63. The van der Waals surface area contributed by atoms with Crippen LogP contribution < -0.4 is 5.32 Å². The average molecular weight is 389 g/mol. The fourth-order valence-electron chi connectivity index (χ4n) is 3.21.